The number of benzene rings is 1. The summed E-state index contributed by atoms with van der Waals surface area (Å²) in [7, 11) is -4.26. The van der Waals surface area contributed by atoms with E-state index in [0.717, 1.165) is 37.9 Å². The zero-order valence-corrected chi connectivity index (χ0v) is 15.8. The lowest BCUT2D eigenvalue weighted by Gasteiger charge is -2.44. The first-order chi connectivity index (χ1) is 12.4. The van der Waals surface area contributed by atoms with E-state index in [2.05, 4.69) is 4.90 Å². The molecule has 0 bridgehead atoms. The number of carbonyl (C=O) groups is 1. The molecule has 2 atom stereocenters. The van der Waals surface area contributed by atoms with Crippen molar-refractivity contribution in [3.8, 4) is 5.75 Å². The van der Waals surface area contributed by atoms with Crippen molar-refractivity contribution >= 4 is 16.4 Å². The molecule has 1 N–H and O–H groups in total. The SMILES string of the molecule is Cc1cccc(OS(=O)(=O)NC(=O)OC[C@@H]2CCCN3CCCC[C@H]23)c1. The Hall–Kier alpha value is -1.80. The summed E-state index contributed by atoms with van der Waals surface area (Å²) in [5.41, 5.74) is 0.856. The van der Waals surface area contributed by atoms with Gasteiger partial charge in [-0.1, -0.05) is 18.6 Å². The lowest BCUT2D eigenvalue weighted by molar-refractivity contribution is 0.0244. The van der Waals surface area contributed by atoms with E-state index in [9.17, 15) is 13.2 Å². The maximum atomic E-state index is 12.0. The molecule has 2 fully saturated rings. The largest absolute Gasteiger partial charge is 0.448 e. The molecular formula is C18H26N2O5S. The quantitative estimate of drug-likeness (QED) is 0.843. The fourth-order valence-corrected chi connectivity index (χ4v) is 4.56. The van der Waals surface area contributed by atoms with Gasteiger partial charge in [-0.25, -0.2) is 4.79 Å². The summed E-state index contributed by atoms with van der Waals surface area (Å²) in [6.07, 6.45) is 4.62. The number of hydrogen-bond acceptors (Lipinski definition) is 6. The first-order valence-electron chi connectivity index (χ1n) is 9.13. The third kappa shape index (κ3) is 5.11. The van der Waals surface area contributed by atoms with Gasteiger partial charge in [0.1, 0.15) is 5.75 Å². The Bertz CT molecular complexity index is 735. The Balaban J connectivity index is 1.50. The Morgan fingerprint density at radius 2 is 2.04 bits per heavy atom. The van der Waals surface area contributed by atoms with Crippen LogP contribution in [0.1, 0.15) is 37.7 Å². The van der Waals surface area contributed by atoms with Crippen molar-refractivity contribution in [3.63, 3.8) is 0 Å². The molecule has 2 saturated heterocycles. The van der Waals surface area contributed by atoms with Crippen LogP contribution in [0, 0.1) is 12.8 Å². The molecular weight excluding hydrogens is 356 g/mol. The minimum absolute atomic E-state index is 0.149. The molecule has 3 rings (SSSR count). The van der Waals surface area contributed by atoms with Crippen molar-refractivity contribution < 1.29 is 22.1 Å². The fourth-order valence-electron chi connectivity index (χ4n) is 3.90. The summed E-state index contributed by atoms with van der Waals surface area (Å²) in [4.78, 5) is 14.4. The first-order valence-corrected chi connectivity index (χ1v) is 10.5. The van der Waals surface area contributed by atoms with Crippen molar-refractivity contribution in [2.24, 2.45) is 5.92 Å². The molecule has 0 unspecified atom stereocenters. The van der Waals surface area contributed by atoms with Crippen molar-refractivity contribution in [2.45, 2.75) is 45.1 Å². The van der Waals surface area contributed by atoms with Gasteiger partial charge in [0, 0.05) is 12.0 Å². The highest BCUT2D eigenvalue weighted by Gasteiger charge is 2.33. The fraction of sp³-hybridized carbons (Fsp3) is 0.611. The number of nitrogens with zero attached hydrogens (tertiary/aromatic N) is 1. The topological polar surface area (TPSA) is 84.9 Å². The highest BCUT2D eigenvalue weighted by atomic mass is 32.2. The predicted octanol–water partition coefficient (Wildman–Crippen LogP) is 2.61. The van der Waals surface area contributed by atoms with Crippen LogP contribution in [0.4, 0.5) is 4.79 Å². The Morgan fingerprint density at radius 1 is 1.23 bits per heavy atom. The lowest BCUT2D eigenvalue weighted by Crippen LogP contribution is -2.49. The van der Waals surface area contributed by atoms with Gasteiger partial charge in [-0.15, -0.1) is 0 Å². The van der Waals surface area contributed by atoms with E-state index in [1.54, 1.807) is 12.1 Å². The van der Waals surface area contributed by atoms with Crippen molar-refractivity contribution in [3.05, 3.63) is 29.8 Å². The second-order valence-electron chi connectivity index (χ2n) is 7.06. The molecule has 7 nitrogen and oxygen atoms in total. The zero-order chi connectivity index (χ0) is 18.6. The molecule has 144 valence electrons. The van der Waals surface area contributed by atoms with E-state index in [1.165, 1.54) is 18.9 Å². The molecule has 1 amide bonds. The molecule has 0 aromatic heterocycles. The summed E-state index contributed by atoms with van der Waals surface area (Å²) < 4.78 is 35.8. The average Bonchev–Trinajstić information content (AvgIpc) is 2.59. The van der Waals surface area contributed by atoms with Crippen molar-refractivity contribution in [1.29, 1.82) is 0 Å². The van der Waals surface area contributed by atoms with Crippen LogP contribution in [0.15, 0.2) is 24.3 Å². The van der Waals surface area contributed by atoms with Gasteiger partial charge >= 0.3 is 16.4 Å². The predicted molar refractivity (Wildman–Crippen MR) is 97.1 cm³/mol. The number of rotatable bonds is 5. The lowest BCUT2D eigenvalue weighted by atomic mass is 9.84. The molecule has 0 spiro atoms. The van der Waals surface area contributed by atoms with Crippen LogP contribution in [0.3, 0.4) is 0 Å². The number of fused-ring (bicyclic) bond motifs is 1. The smallest absolute Gasteiger partial charge is 0.423 e. The number of ether oxygens (including phenoxy) is 1. The molecule has 8 heteroatoms. The van der Waals surface area contributed by atoms with Crippen molar-refractivity contribution in [1.82, 2.24) is 9.62 Å². The summed E-state index contributed by atoms with van der Waals surface area (Å²) in [5, 5.41) is 0. The van der Waals surface area contributed by atoms with E-state index < -0.39 is 16.4 Å². The van der Waals surface area contributed by atoms with Crippen LogP contribution in [0.25, 0.3) is 0 Å². The Kier molecular flexibility index (Phi) is 6.03. The van der Waals surface area contributed by atoms with Gasteiger partial charge in [0.05, 0.1) is 6.61 Å². The van der Waals surface area contributed by atoms with E-state index in [1.807, 2.05) is 17.7 Å². The molecule has 0 saturated carbocycles. The number of aryl methyl sites for hydroxylation is 1. The highest BCUT2D eigenvalue weighted by molar-refractivity contribution is 7.85. The van der Waals surface area contributed by atoms with Crippen LogP contribution in [0.2, 0.25) is 0 Å². The Morgan fingerprint density at radius 3 is 2.85 bits per heavy atom. The first kappa shape index (κ1) is 19.0. The van der Waals surface area contributed by atoms with Crippen LogP contribution in [-0.4, -0.2) is 45.1 Å². The van der Waals surface area contributed by atoms with Gasteiger partial charge < -0.3 is 8.92 Å². The molecule has 26 heavy (non-hydrogen) atoms. The second kappa shape index (κ2) is 8.26. The van der Waals surface area contributed by atoms with E-state index >= 15 is 0 Å². The van der Waals surface area contributed by atoms with Gasteiger partial charge in [-0.2, -0.15) is 13.1 Å². The normalized spacial score (nSPS) is 23.7. The summed E-state index contributed by atoms with van der Waals surface area (Å²) in [5.74, 6) is 0.408. The minimum Gasteiger partial charge on any atom is -0.448 e. The molecule has 1 aromatic rings. The summed E-state index contributed by atoms with van der Waals surface area (Å²) >= 11 is 0. The van der Waals surface area contributed by atoms with Crippen LogP contribution in [0.5, 0.6) is 5.75 Å². The number of carbonyl (C=O) groups excluding carboxylic acids is 1. The standard InChI is InChI=1S/C18H26N2O5S/c1-14-6-4-8-16(12-14)25-26(22,23)19-18(21)24-13-15-7-5-11-20-10-3-2-9-17(15)20/h4,6,8,12,15,17H,2-3,5,7,9-11,13H2,1H3,(H,19,21)/t15-,17+/m0/s1. The Labute approximate surface area is 154 Å². The molecule has 2 aliphatic heterocycles. The van der Waals surface area contributed by atoms with E-state index in [4.69, 9.17) is 8.92 Å². The van der Waals surface area contributed by atoms with Gasteiger partial charge in [0.15, 0.2) is 0 Å². The molecule has 0 radical (unpaired) electrons. The highest BCUT2D eigenvalue weighted by Crippen LogP contribution is 2.31. The van der Waals surface area contributed by atoms with Gasteiger partial charge in [-0.3, -0.25) is 4.90 Å². The second-order valence-corrected chi connectivity index (χ2v) is 8.33. The van der Waals surface area contributed by atoms with Gasteiger partial charge in [-0.05, 0) is 63.4 Å². The third-order valence-corrected chi connectivity index (χ3v) is 5.89. The van der Waals surface area contributed by atoms with Gasteiger partial charge in [0.2, 0.25) is 0 Å². The maximum Gasteiger partial charge on any atom is 0.423 e. The van der Waals surface area contributed by atoms with Crippen LogP contribution in [-0.2, 0) is 15.0 Å². The number of amides is 1. The van der Waals surface area contributed by atoms with E-state index in [-0.39, 0.29) is 18.3 Å². The number of piperidine rings is 2. The summed E-state index contributed by atoms with van der Waals surface area (Å²) in [6.45, 7) is 4.25. The van der Waals surface area contributed by atoms with Gasteiger partial charge in [0.25, 0.3) is 0 Å². The monoisotopic (exact) mass is 382 g/mol. The van der Waals surface area contributed by atoms with E-state index in [0.29, 0.717) is 6.04 Å². The van der Waals surface area contributed by atoms with Crippen molar-refractivity contribution in [2.75, 3.05) is 19.7 Å². The number of nitrogens with one attached hydrogen (secondary N) is 1. The maximum absolute atomic E-state index is 12.0. The zero-order valence-electron chi connectivity index (χ0n) is 15.0. The van der Waals surface area contributed by atoms with Crippen LogP contribution >= 0.6 is 0 Å². The third-order valence-electron chi connectivity index (χ3n) is 5.06. The molecule has 1 aromatic carbocycles. The molecule has 0 aliphatic carbocycles. The average molecular weight is 382 g/mol. The summed E-state index contributed by atoms with van der Waals surface area (Å²) in [6, 6.07) is 7.02. The number of hydrogen-bond donors (Lipinski definition) is 1. The minimum atomic E-state index is -4.26. The van der Waals surface area contributed by atoms with Crippen LogP contribution < -0.4 is 8.91 Å². The molecule has 2 aliphatic rings. The molecule has 2 heterocycles.